The number of hydrogen-bond acceptors (Lipinski definition) is 3. The van der Waals surface area contributed by atoms with E-state index in [1.807, 2.05) is 0 Å². The van der Waals surface area contributed by atoms with Crippen LogP contribution in [0.5, 0.6) is 5.75 Å². The van der Waals surface area contributed by atoms with Crippen LogP contribution >= 0.6 is 0 Å². The third kappa shape index (κ3) is 2.92. The van der Waals surface area contributed by atoms with Gasteiger partial charge in [-0.2, -0.15) is 0 Å². The van der Waals surface area contributed by atoms with Crippen molar-refractivity contribution in [2.45, 2.75) is 57.3 Å². The first kappa shape index (κ1) is 14.8. The third-order valence-corrected chi connectivity index (χ3v) is 4.89. The summed E-state index contributed by atoms with van der Waals surface area (Å²) in [5.41, 5.74) is 0.291. The molecule has 1 unspecified atom stereocenters. The molecule has 0 saturated carbocycles. The van der Waals surface area contributed by atoms with Gasteiger partial charge in [-0.05, 0) is 57.9 Å². The molecule has 2 atom stereocenters. The standard InChI is InChI=1S/C17H24FNO2/c1-12(2)19-8-3-6-17(7-9-19)11-15(20)14-10-13(18)4-5-16(14)21-17/h4-5,10,12,15,20H,3,6-9,11H2,1-2H3/t15-,17?/m1/s1. The van der Waals surface area contributed by atoms with Gasteiger partial charge in [-0.15, -0.1) is 0 Å². The maximum Gasteiger partial charge on any atom is 0.126 e. The third-order valence-electron chi connectivity index (χ3n) is 4.89. The molecule has 0 radical (unpaired) electrons. The van der Waals surface area contributed by atoms with Gasteiger partial charge in [-0.1, -0.05) is 0 Å². The zero-order chi connectivity index (χ0) is 15.0. The smallest absolute Gasteiger partial charge is 0.126 e. The Morgan fingerprint density at radius 3 is 2.90 bits per heavy atom. The van der Waals surface area contributed by atoms with Crippen molar-refractivity contribution >= 4 is 0 Å². The van der Waals surface area contributed by atoms with Crippen LogP contribution in [0.15, 0.2) is 18.2 Å². The van der Waals surface area contributed by atoms with E-state index >= 15 is 0 Å². The lowest BCUT2D eigenvalue weighted by molar-refractivity contribution is -0.0244. The maximum atomic E-state index is 13.3. The highest BCUT2D eigenvalue weighted by atomic mass is 19.1. The van der Waals surface area contributed by atoms with E-state index in [1.165, 1.54) is 12.1 Å². The van der Waals surface area contributed by atoms with Crippen molar-refractivity contribution in [2.24, 2.45) is 0 Å². The van der Waals surface area contributed by atoms with Crippen LogP contribution in [0.25, 0.3) is 0 Å². The van der Waals surface area contributed by atoms with E-state index in [0.717, 1.165) is 32.4 Å². The normalized spacial score (nSPS) is 30.0. The van der Waals surface area contributed by atoms with Crippen LogP contribution in [0, 0.1) is 5.82 Å². The molecule has 4 heteroatoms. The van der Waals surface area contributed by atoms with Crippen molar-refractivity contribution in [3.8, 4) is 5.75 Å². The minimum Gasteiger partial charge on any atom is -0.487 e. The molecule has 0 aromatic heterocycles. The van der Waals surface area contributed by atoms with Crippen LogP contribution in [0.2, 0.25) is 0 Å². The highest BCUT2D eigenvalue weighted by Crippen LogP contribution is 2.44. The highest BCUT2D eigenvalue weighted by molar-refractivity contribution is 5.38. The van der Waals surface area contributed by atoms with Gasteiger partial charge >= 0.3 is 0 Å². The lowest BCUT2D eigenvalue weighted by Crippen LogP contribution is -2.42. The van der Waals surface area contributed by atoms with E-state index in [9.17, 15) is 9.50 Å². The van der Waals surface area contributed by atoms with E-state index in [-0.39, 0.29) is 11.4 Å². The molecular formula is C17H24FNO2. The molecule has 21 heavy (non-hydrogen) atoms. The Balaban J connectivity index is 1.82. The summed E-state index contributed by atoms with van der Waals surface area (Å²) in [6.45, 7) is 6.50. The summed E-state index contributed by atoms with van der Waals surface area (Å²) in [5.74, 6) is 0.326. The Bertz CT molecular complexity index is 520. The predicted molar refractivity (Wildman–Crippen MR) is 79.9 cm³/mol. The molecular weight excluding hydrogens is 269 g/mol. The van der Waals surface area contributed by atoms with Crippen molar-refractivity contribution in [1.82, 2.24) is 4.90 Å². The van der Waals surface area contributed by atoms with E-state index in [4.69, 9.17) is 4.74 Å². The number of halogens is 1. The molecule has 3 rings (SSSR count). The second-order valence-corrected chi connectivity index (χ2v) is 6.67. The van der Waals surface area contributed by atoms with Gasteiger partial charge in [0.1, 0.15) is 17.2 Å². The summed E-state index contributed by atoms with van der Waals surface area (Å²) >= 11 is 0. The van der Waals surface area contributed by atoms with Gasteiger partial charge in [0.25, 0.3) is 0 Å². The Morgan fingerprint density at radius 2 is 2.14 bits per heavy atom. The van der Waals surface area contributed by atoms with Crippen LogP contribution in [-0.4, -0.2) is 34.7 Å². The largest absolute Gasteiger partial charge is 0.487 e. The monoisotopic (exact) mass is 293 g/mol. The van der Waals surface area contributed by atoms with E-state index < -0.39 is 6.10 Å². The molecule has 0 bridgehead atoms. The van der Waals surface area contributed by atoms with Gasteiger partial charge in [-0.25, -0.2) is 4.39 Å². The molecule has 2 heterocycles. The SMILES string of the molecule is CC(C)N1CCCC2(CC1)C[C@@H](O)c1cc(F)ccc1O2. The molecule has 116 valence electrons. The van der Waals surface area contributed by atoms with E-state index in [1.54, 1.807) is 6.07 Å². The van der Waals surface area contributed by atoms with Gasteiger partial charge in [-0.3, -0.25) is 0 Å². The lowest BCUT2D eigenvalue weighted by Gasteiger charge is -2.40. The van der Waals surface area contributed by atoms with Crippen LogP contribution in [0.4, 0.5) is 4.39 Å². The van der Waals surface area contributed by atoms with Crippen molar-refractivity contribution in [2.75, 3.05) is 13.1 Å². The molecule has 2 aliphatic heterocycles. The number of nitrogens with zero attached hydrogens (tertiary/aromatic N) is 1. The molecule has 1 aromatic rings. The van der Waals surface area contributed by atoms with Crippen molar-refractivity contribution in [3.63, 3.8) is 0 Å². The molecule has 1 N–H and O–H groups in total. The summed E-state index contributed by atoms with van der Waals surface area (Å²) in [6.07, 6.45) is 2.87. The number of aliphatic hydroxyl groups is 1. The van der Waals surface area contributed by atoms with Crippen molar-refractivity contribution < 1.29 is 14.2 Å². The Kier molecular flexibility index (Phi) is 3.93. The summed E-state index contributed by atoms with van der Waals surface area (Å²) in [6, 6.07) is 4.99. The topological polar surface area (TPSA) is 32.7 Å². The number of aliphatic hydroxyl groups excluding tert-OH is 1. The first-order valence-corrected chi connectivity index (χ1v) is 7.90. The number of benzene rings is 1. The highest BCUT2D eigenvalue weighted by Gasteiger charge is 2.41. The fourth-order valence-corrected chi connectivity index (χ4v) is 3.62. The molecule has 1 aromatic carbocycles. The molecule has 2 aliphatic rings. The Labute approximate surface area is 125 Å². The maximum absolute atomic E-state index is 13.3. The minimum atomic E-state index is -0.630. The van der Waals surface area contributed by atoms with Gasteiger partial charge in [0.05, 0.1) is 6.10 Å². The number of rotatable bonds is 1. The lowest BCUT2D eigenvalue weighted by atomic mass is 9.83. The van der Waals surface area contributed by atoms with Crippen LogP contribution in [-0.2, 0) is 0 Å². The number of fused-ring (bicyclic) bond motifs is 1. The Morgan fingerprint density at radius 1 is 1.33 bits per heavy atom. The van der Waals surface area contributed by atoms with Crippen molar-refractivity contribution in [1.29, 1.82) is 0 Å². The fourth-order valence-electron chi connectivity index (χ4n) is 3.62. The second kappa shape index (κ2) is 5.58. The number of hydrogen-bond donors (Lipinski definition) is 1. The quantitative estimate of drug-likeness (QED) is 0.862. The predicted octanol–water partition coefficient (Wildman–Crippen LogP) is 3.27. The van der Waals surface area contributed by atoms with Gasteiger partial charge in [0.15, 0.2) is 0 Å². The zero-order valence-corrected chi connectivity index (χ0v) is 12.8. The van der Waals surface area contributed by atoms with Crippen LogP contribution in [0.1, 0.15) is 51.2 Å². The summed E-state index contributed by atoms with van der Waals surface area (Å²) in [5, 5.41) is 10.4. The molecule has 1 saturated heterocycles. The van der Waals surface area contributed by atoms with Gasteiger partial charge in [0, 0.05) is 24.6 Å². The molecule has 1 fully saturated rings. The zero-order valence-electron chi connectivity index (χ0n) is 12.8. The minimum absolute atomic E-state index is 0.298. The van der Waals surface area contributed by atoms with E-state index in [0.29, 0.717) is 23.8 Å². The molecule has 0 aliphatic carbocycles. The van der Waals surface area contributed by atoms with Gasteiger partial charge in [0.2, 0.25) is 0 Å². The molecule has 0 amide bonds. The number of likely N-dealkylation sites (tertiary alicyclic amines) is 1. The number of ether oxygens (including phenoxy) is 1. The second-order valence-electron chi connectivity index (χ2n) is 6.67. The summed E-state index contributed by atoms with van der Waals surface area (Å²) < 4.78 is 19.6. The average Bonchev–Trinajstić information content (AvgIpc) is 2.63. The summed E-state index contributed by atoms with van der Waals surface area (Å²) in [7, 11) is 0. The van der Waals surface area contributed by atoms with Crippen LogP contribution < -0.4 is 4.74 Å². The first-order valence-electron chi connectivity index (χ1n) is 7.90. The Hall–Kier alpha value is -1.13. The first-order chi connectivity index (χ1) is 9.99. The van der Waals surface area contributed by atoms with Gasteiger partial charge < -0.3 is 14.7 Å². The molecule has 3 nitrogen and oxygen atoms in total. The van der Waals surface area contributed by atoms with Crippen molar-refractivity contribution in [3.05, 3.63) is 29.6 Å². The van der Waals surface area contributed by atoms with E-state index in [2.05, 4.69) is 18.7 Å². The van der Waals surface area contributed by atoms with Crippen LogP contribution in [0.3, 0.4) is 0 Å². The fraction of sp³-hybridized carbons (Fsp3) is 0.647. The molecule has 1 spiro atoms. The summed E-state index contributed by atoms with van der Waals surface area (Å²) in [4.78, 5) is 2.46. The average molecular weight is 293 g/mol.